The number of benzene rings is 1. The van der Waals surface area contributed by atoms with Crippen molar-refractivity contribution in [3.63, 3.8) is 0 Å². The first-order valence-electron chi connectivity index (χ1n) is 7.25. The molecule has 0 unspecified atom stereocenters. The Morgan fingerprint density at radius 1 is 1.15 bits per heavy atom. The molecule has 1 aromatic heterocycles. The fourth-order valence-electron chi connectivity index (χ4n) is 2.54. The Morgan fingerprint density at radius 2 is 2.05 bits per heavy atom. The highest BCUT2D eigenvalue weighted by Crippen LogP contribution is 2.14. The maximum atomic E-state index is 5.35. The quantitative estimate of drug-likeness (QED) is 0.839. The van der Waals surface area contributed by atoms with Crippen molar-refractivity contribution >= 4 is 10.8 Å². The SMILES string of the molecule is c1cc2cc(CNCCN3CCOCC3)ccc2cn1. The smallest absolute Gasteiger partial charge is 0.0594 e. The zero-order valence-electron chi connectivity index (χ0n) is 11.7. The van der Waals surface area contributed by atoms with Gasteiger partial charge in [0.1, 0.15) is 0 Å². The molecule has 3 rings (SSSR count). The Hall–Kier alpha value is -1.49. The summed E-state index contributed by atoms with van der Waals surface area (Å²) in [7, 11) is 0. The Balaban J connectivity index is 1.47. The summed E-state index contributed by atoms with van der Waals surface area (Å²) < 4.78 is 5.35. The lowest BCUT2D eigenvalue weighted by Gasteiger charge is -2.26. The van der Waals surface area contributed by atoms with Crippen LogP contribution in [-0.4, -0.2) is 49.3 Å². The summed E-state index contributed by atoms with van der Waals surface area (Å²) >= 11 is 0. The third-order valence-electron chi connectivity index (χ3n) is 3.74. The van der Waals surface area contributed by atoms with E-state index in [0.29, 0.717) is 0 Å². The van der Waals surface area contributed by atoms with Crippen LogP contribution in [0.5, 0.6) is 0 Å². The summed E-state index contributed by atoms with van der Waals surface area (Å²) in [5, 5.41) is 5.97. The Bertz CT molecular complexity index is 552. The van der Waals surface area contributed by atoms with E-state index in [1.54, 1.807) is 0 Å². The number of ether oxygens (including phenoxy) is 1. The van der Waals surface area contributed by atoms with Gasteiger partial charge in [0.05, 0.1) is 13.2 Å². The van der Waals surface area contributed by atoms with E-state index in [-0.39, 0.29) is 0 Å². The third-order valence-corrected chi connectivity index (χ3v) is 3.74. The number of aromatic nitrogens is 1. The van der Waals surface area contributed by atoms with Gasteiger partial charge in [0.25, 0.3) is 0 Å². The van der Waals surface area contributed by atoms with E-state index in [1.165, 1.54) is 16.3 Å². The maximum absolute atomic E-state index is 5.35. The van der Waals surface area contributed by atoms with E-state index in [9.17, 15) is 0 Å². The van der Waals surface area contributed by atoms with E-state index in [4.69, 9.17) is 4.74 Å². The summed E-state index contributed by atoms with van der Waals surface area (Å²) in [6.07, 6.45) is 3.75. The van der Waals surface area contributed by atoms with Gasteiger partial charge in [-0.1, -0.05) is 12.1 Å². The molecule has 1 fully saturated rings. The fraction of sp³-hybridized carbons (Fsp3) is 0.438. The molecule has 0 saturated carbocycles. The normalized spacial score (nSPS) is 16.6. The first-order valence-corrected chi connectivity index (χ1v) is 7.25. The average molecular weight is 271 g/mol. The molecule has 0 atom stereocenters. The van der Waals surface area contributed by atoms with Crippen molar-refractivity contribution in [1.82, 2.24) is 15.2 Å². The van der Waals surface area contributed by atoms with Gasteiger partial charge >= 0.3 is 0 Å². The second kappa shape index (κ2) is 6.79. The van der Waals surface area contributed by atoms with E-state index in [0.717, 1.165) is 45.9 Å². The van der Waals surface area contributed by atoms with E-state index in [1.807, 2.05) is 12.4 Å². The summed E-state index contributed by atoms with van der Waals surface area (Å²) in [6, 6.07) is 8.61. The van der Waals surface area contributed by atoms with Crippen LogP contribution in [0.3, 0.4) is 0 Å². The number of rotatable bonds is 5. The number of morpholine rings is 1. The van der Waals surface area contributed by atoms with Gasteiger partial charge in [0.2, 0.25) is 0 Å². The second-order valence-electron chi connectivity index (χ2n) is 5.19. The predicted octanol–water partition coefficient (Wildman–Crippen LogP) is 1.66. The maximum Gasteiger partial charge on any atom is 0.0594 e. The van der Waals surface area contributed by atoms with Crippen LogP contribution in [0.2, 0.25) is 0 Å². The van der Waals surface area contributed by atoms with Crippen molar-refractivity contribution in [3.05, 3.63) is 42.2 Å². The molecule has 1 saturated heterocycles. The lowest BCUT2D eigenvalue weighted by molar-refractivity contribution is 0.0384. The minimum absolute atomic E-state index is 0.874. The monoisotopic (exact) mass is 271 g/mol. The van der Waals surface area contributed by atoms with Gasteiger partial charge in [-0.15, -0.1) is 0 Å². The van der Waals surface area contributed by atoms with E-state index >= 15 is 0 Å². The molecule has 0 aliphatic carbocycles. The highest BCUT2D eigenvalue weighted by molar-refractivity contribution is 5.81. The minimum Gasteiger partial charge on any atom is -0.379 e. The van der Waals surface area contributed by atoms with Crippen LogP contribution in [0.1, 0.15) is 5.56 Å². The van der Waals surface area contributed by atoms with Crippen molar-refractivity contribution < 1.29 is 4.74 Å². The van der Waals surface area contributed by atoms with Crippen LogP contribution < -0.4 is 5.32 Å². The van der Waals surface area contributed by atoms with E-state index < -0.39 is 0 Å². The molecule has 0 amide bonds. The molecule has 20 heavy (non-hydrogen) atoms. The number of nitrogens with one attached hydrogen (secondary N) is 1. The summed E-state index contributed by atoms with van der Waals surface area (Å²) in [5.74, 6) is 0. The summed E-state index contributed by atoms with van der Waals surface area (Å²) in [6.45, 7) is 6.91. The van der Waals surface area contributed by atoms with Crippen LogP contribution in [0.4, 0.5) is 0 Å². The molecule has 1 N–H and O–H groups in total. The topological polar surface area (TPSA) is 37.4 Å². The molecule has 1 aromatic carbocycles. The first kappa shape index (κ1) is 13.5. The molecule has 2 aromatic rings. The van der Waals surface area contributed by atoms with Gasteiger partial charge in [-0.05, 0) is 23.1 Å². The lowest BCUT2D eigenvalue weighted by Crippen LogP contribution is -2.40. The molecule has 2 heterocycles. The van der Waals surface area contributed by atoms with Gasteiger partial charge in [-0.3, -0.25) is 9.88 Å². The Morgan fingerprint density at radius 3 is 2.95 bits per heavy atom. The molecular formula is C16H21N3O. The minimum atomic E-state index is 0.874. The standard InChI is InChI=1S/C16H21N3O/c1-2-16-13-17-4-3-15(16)11-14(1)12-18-5-6-19-7-9-20-10-8-19/h1-4,11,13,18H,5-10,12H2. The molecule has 4 heteroatoms. The number of hydrogen-bond acceptors (Lipinski definition) is 4. The average Bonchev–Trinajstić information content (AvgIpc) is 2.52. The zero-order chi connectivity index (χ0) is 13.6. The fourth-order valence-corrected chi connectivity index (χ4v) is 2.54. The molecule has 0 radical (unpaired) electrons. The number of hydrogen-bond donors (Lipinski definition) is 1. The Kier molecular flexibility index (Phi) is 4.58. The number of pyridine rings is 1. The molecule has 1 aliphatic rings. The van der Waals surface area contributed by atoms with Gasteiger partial charge in [0, 0.05) is 50.5 Å². The van der Waals surface area contributed by atoms with Crippen LogP contribution in [-0.2, 0) is 11.3 Å². The summed E-state index contributed by atoms with van der Waals surface area (Å²) in [4.78, 5) is 6.59. The van der Waals surface area contributed by atoms with Gasteiger partial charge in [0.15, 0.2) is 0 Å². The largest absolute Gasteiger partial charge is 0.379 e. The molecule has 4 nitrogen and oxygen atoms in total. The molecule has 0 bridgehead atoms. The zero-order valence-corrected chi connectivity index (χ0v) is 11.7. The van der Waals surface area contributed by atoms with Crippen LogP contribution >= 0.6 is 0 Å². The molecule has 106 valence electrons. The highest BCUT2D eigenvalue weighted by atomic mass is 16.5. The van der Waals surface area contributed by atoms with Crippen molar-refractivity contribution in [2.24, 2.45) is 0 Å². The molecule has 1 aliphatic heterocycles. The Labute approximate surface area is 119 Å². The van der Waals surface area contributed by atoms with Crippen LogP contribution in [0, 0.1) is 0 Å². The van der Waals surface area contributed by atoms with Gasteiger partial charge < -0.3 is 10.1 Å². The molecule has 0 spiro atoms. The van der Waals surface area contributed by atoms with E-state index in [2.05, 4.69) is 39.5 Å². The van der Waals surface area contributed by atoms with Crippen molar-refractivity contribution in [3.8, 4) is 0 Å². The van der Waals surface area contributed by atoms with Gasteiger partial charge in [-0.2, -0.15) is 0 Å². The van der Waals surface area contributed by atoms with Crippen LogP contribution in [0.25, 0.3) is 10.8 Å². The first-order chi connectivity index (χ1) is 9.92. The number of fused-ring (bicyclic) bond motifs is 1. The summed E-state index contributed by atoms with van der Waals surface area (Å²) in [5.41, 5.74) is 1.32. The van der Waals surface area contributed by atoms with Crippen molar-refractivity contribution in [2.45, 2.75) is 6.54 Å². The van der Waals surface area contributed by atoms with Gasteiger partial charge in [-0.25, -0.2) is 0 Å². The van der Waals surface area contributed by atoms with Crippen molar-refractivity contribution in [1.29, 1.82) is 0 Å². The molecular weight excluding hydrogens is 250 g/mol. The third kappa shape index (κ3) is 3.54. The second-order valence-corrected chi connectivity index (χ2v) is 5.19. The lowest BCUT2D eigenvalue weighted by atomic mass is 10.1. The highest BCUT2D eigenvalue weighted by Gasteiger charge is 2.08. The number of nitrogens with zero attached hydrogens (tertiary/aromatic N) is 2. The van der Waals surface area contributed by atoms with Crippen LogP contribution in [0.15, 0.2) is 36.7 Å². The van der Waals surface area contributed by atoms with Crippen molar-refractivity contribution in [2.75, 3.05) is 39.4 Å². The predicted molar refractivity (Wildman–Crippen MR) is 80.7 cm³/mol.